The molecule has 0 saturated carbocycles. The fourth-order valence-corrected chi connectivity index (χ4v) is 4.53. The van der Waals surface area contributed by atoms with Gasteiger partial charge in [-0.05, 0) is 55.0 Å². The molecule has 160 valence electrons. The molecule has 0 bridgehead atoms. The summed E-state index contributed by atoms with van der Waals surface area (Å²) in [4.78, 5) is 17.6. The number of rotatable bonds is 4. The molecule has 2 aromatic heterocycles. The van der Waals surface area contributed by atoms with E-state index in [4.69, 9.17) is 4.98 Å². The average molecular weight is 433 g/mol. The number of carbonyl (C=O) groups excluding carboxylic acids is 1. The average Bonchev–Trinajstić information content (AvgIpc) is 3.26. The molecule has 0 saturated heterocycles. The van der Waals surface area contributed by atoms with E-state index in [0.29, 0.717) is 12.2 Å². The summed E-state index contributed by atoms with van der Waals surface area (Å²) in [6.45, 7) is 12.6. The van der Waals surface area contributed by atoms with Crippen LogP contribution in [0.2, 0.25) is 0 Å². The van der Waals surface area contributed by atoms with Crippen molar-refractivity contribution >= 4 is 33.3 Å². The summed E-state index contributed by atoms with van der Waals surface area (Å²) in [7, 11) is 0. The lowest BCUT2D eigenvalue weighted by Gasteiger charge is -2.18. The first kappa shape index (κ1) is 21.2. The van der Waals surface area contributed by atoms with Crippen molar-refractivity contribution in [1.82, 2.24) is 14.8 Å². The van der Waals surface area contributed by atoms with E-state index in [-0.39, 0.29) is 11.3 Å². The van der Waals surface area contributed by atoms with Crippen molar-refractivity contribution in [1.29, 1.82) is 0 Å². The smallest absolute Gasteiger partial charge is 0.229 e. The number of carbonyl (C=O) groups is 1. The molecule has 2 aromatic carbocycles. The zero-order valence-corrected chi connectivity index (χ0v) is 19.7. The predicted octanol–water partition coefficient (Wildman–Crippen LogP) is 5.89. The molecule has 1 amide bonds. The van der Waals surface area contributed by atoms with E-state index in [1.807, 2.05) is 26.8 Å². The molecule has 0 radical (unpaired) electrons. The number of aromatic nitrogens is 3. The second-order valence-electron chi connectivity index (χ2n) is 9.17. The Hall–Kier alpha value is -2.99. The molecule has 0 aliphatic carbocycles. The monoisotopic (exact) mass is 432 g/mol. The van der Waals surface area contributed by atoms with Crippen LogP contribution in [0.5, 0.6) is 0 Å². The molecule has 0 fully saturated rings. The second-order valence-corrected chi connectivity index (χ2v) is 10.2. The molecule has 4 aromatic rings. The minimum atomic E-state index is -0.0639. The molecular weight excluding hydrogens is 404 g/mol. The highest BCUT2D eigenvalue weighted by Gasteiger charge is 2.18. The van der Waals surface area contributed by atoms with Crippen LogP contribution in [-0.4, -0.2) is 20.7 Å². The fraction of sp³-hybridized carbons (Fsp3) is 0.320. The number of fused-ring (bicyclic) bond motifs is 1. The summed E-state index contributed by atoms with van der Waals surface area (Å²) in [5.41, 5.74) is 6.42. The molecule has 6 heteroatoms. The summed E-state index contributed by atoms with van der Waals surface area (Å²) in [6.07, 6.45) is 0.326. The summed E-state index contributed by atoms with van der Waals surface area (Å²) >= 11 is 1.58. The van der Waals surface area contributed by atoms with Crippen LogP contribution < -0.4 is 5.32 Å². The number of amides is 1. The Labute approximate surface area is 187 Å². The first-order valence-corrected chi connectivity index (χ1v) is 11.3. The summed E-state index contributed by atoms with van der Waals surface area (Å²) in [5.74, 6) is 0.578. The standard InChI is InChI=1S/C25H28N4OS/c1-15-7-8-16(2)18(11-15)13-23(30)27-22-12-17(3)28-29(22)24-26-20-10-9-19(25(4,5)6)14-21(20)31-24/h7-12,14H,13H2,1-6H3,(H,27,30). The van der Waals surface area contributed by atoms with Gasteiger partial charge in [0.1, 0.15) is 5.82 Å². The van der Waals surface area contributed by atoms with Crippen molar-refractivity contribution in [3.63, 3.8) is 0 Å². The lowest BCUT2D eigenvalue weighted by Crippen LogP contribution is -2.17. The van der Waals surface area contributed by atoms with Crippen molar-refractivity contribution in [2.45, 2.75) is 53.4 Å². The van der Waals surface area contributed by atoms with E-state index in [0.717, 1.165) is 37.7 Å². The molecule has 0 aliphatic heterocycles. The largest absolute Gasteiger partial charge is 0.310 e. The molecule has 0 aliphatic rings. The van der Waals surface area contributed by atoms with Gasteiger partial charge in [0.05, 0.1) is 22.3 Å². The van der Waals surface area contributed by atoms with Gasteiger partial charge in [0, 0.05) is 6.07 Å². The first-order chi connectivity index (χ1) is 14.6. The molecule has 2 heterocycles. The van der Waals surface area contributed by atoms with Crippen molar-refractivity contribution in [3.8, 4) is 5.13 Å². The SMILES string of the molecule is Cc1ccc(C)c(CC(=O)Nc2cc(C)nn2-c2nc3ccc(C(C)(C)C)cc3s2)c1. The van der Waals surface area contributed by atoms with Gasteiger partial charge in [-0.3, -0.25) is 4.79 Å². The quantitative estimate of drug-likeness (QED) is 0.438. The number of hydrogen-bond acceptors (Lipinski definition) is 4. The van der Waals surface area contributed by atoms with Gasteiger partial charge in [-0.15, -0.1) is 0 Å². The minimum Gasteiger partial charge on any atom is -0.310 e. The second kappa shape index (κ2) is 7.93. The van der Waals surface area contributed by atoms with Crippen LogP contribution in [0.25, 0.3) is 15.3 Å². The van der Waals surface area contributed by atoms with Gasteiger partial charge in [0.15, 0.2) is 0 Å². The lowest BCUT2D eigenvalue weighted by atomic mass is 9.87. The van der Waals surface area contributed by atoms with Crippen LogP contribution in [0.1, 0.15) is 48.7 Å². The third kappa shape index (κ3) is 4.54. The maximum absolute atomic E-state index is 12.8. The Balaban J connectivity index is 1.62. The molecule has 31 heavy (non-hydrogen) atoms. The third-order valence-corrected chi connectivity index (χ3v) is 6.37. The molecule has 1 N–H and O–H groups in total. The van der Waals surface area contributed by atoms with Crippen LogP contribution in [-0.2, 0) is 16.6 Å². The summed E-state index contributed by atoms with van der Waals surface area (Å²) < 4.78 is 2.85. The Morgan fingerprint density at radius 1 is 1.06 bits per heavy atom. The number of aryl methyl sites for hydroxylation is 3. The Morgan fingerprint density at radius 3 is 2.58 bits per heavy atom. The van der Waals surface area contributed by atoms with Gasteiger partial charge in [0.2, 0.25) is 11.0 Å². The third-order valence-electron chi connectivity index (χ3n) is 5.38. The maximum atomic E-state index is 12.8. The summed E-state index contributed by atoms with van der Waals surface area (Å²) in [5, 5.41) is 8.37. The van der Waals surface area contributed by atoms with Crippen LogP contribution >= 0.6 is 11.3 Å². The van der Waals surface area contributed by atoms with E-state index >= 15 is 0 Å². The zero-order chi connectivity index (χ0) is 22.3. The number of anilines is 1. The van der Waals surface area contributed by atoms with Gasteiger partial charge in [0.25, 0.3) is 0 Å². The van der Waals surface area contributed by atoms with Crippen LogP contribution in [0, 0.1) is 20.8 Å². The minimum absolute atomic E-state index is 0.0639. The highest BCUT2D eigenvalue weighted by molar-refractivity contribution is 7.20. The van der Waals surface area contributed by atoms with E-state index in [9.17, 15) is 4.79 Å². The molecule has 5 nitrogen and oxygen atoms in total. The maximum Gasteiger partial charge on any atom is 0.229 e. The van der Waals surface area contributed by atoms with Crippen molar-refractivity contribution in [2.24, 2.45) is 0 Å². The number of thiazole rings is 1. The molecule has 0 unspecified atom stereocenters. The normalized spacial score (nSPS) is 11.8. The van der Waals surface area contributed by atoms with Gasteiger partial charge in [-0.2, -0.15) is 9.78 Å². The van der Waals surface area contributed by atoms with Crippen molar-refractivity contribution in [2.75, 3.05) is 5.32 Å². The van der Waals surface area contributed by atoms with E-state index in [2.05, 4.69) is 67.6 Å². The van der Waals surface area contributed by atoms with Gasteiger partial charge >= 0.3 is 0 Å². The topological polar surface area (TPSA) is 59.8 Å². The van der Waals surface area contributed by atoms with E-state index in [1.165, 1.54) is 5.56 Å². The van der Waals surface area contributed by atoms with E-state index < -0.39 is 0 Å². The Kier molecular flexibility index (Phi) is 5.43. The lowest BCUT2D eigenvalue weighted by molar-refractivity contribution is -0.115. The number of benzene rings is 2. The first-order valence-electron chi connectivity index (χ1n) is 10.4. The van der Waals surface area contributed by atoms with E-state index in [1.54, 1.807) is 16.0 Å². The molecular formula is C25H28N4OS. The molecule has 4 rings (SSSR count). The predicted molar refractivity (Wildman–Crippen MR) is 128 cm³/mol. The Bertz CT molecular complexity index is 1280. The van der Waals surface area contributed by atoms with Crippen LogP contribution in [0.15, 0.2) is 42.5 Å². The van der Waals surface area contributed by atoms with Gasteiger partial charge < -0.3 is 5.32 Å². The van der Waals surface area contributed by atoms with Crippen molar-refractivity contribution < 1.29 is 4.79 Å². The highest BCUT2D eigenvalue weighted by atomic mass is 32.1. The number of nitrogens with one attached hydrogen (secondary N) is 1. The van der Waals surface area contributed by atoms with Crippen molar-refractivity contribution in [3.05, 3.63) is 70.4 Å². The molecule has 0 spiro atoms. The number of nitrogens with zero attached hydrogens (tertiary/aromatic N) is 3. The van der Waals surface area contributed by atoms with Gasteiger partial charge in [-0.1, -0.05) is 61.9 Å². The molecule has 0 atom stereocenters. The Morgan fingerprint density at radius 2 is 1.84 bits per heavy atom. The van der Waals surface area contributed by atoms with Gasteiger partial charge in [-0.25, -0.2) is 4.98 Å². The van der Waals surface area contributed by atoms with Crippen LogP contribution in [0.4, 0.5) is 5.82 Å². The summed E-state index contributed by atoms with van der Waals surface area (Å²) in [6, 6.07) is 14.5. The van der Waals surface area contributed by atoms with Crippen LogP contribution in [0.3, 0.4) is 0 Å². The highest BCUT2D eigenvalue weighted by Crippen LogP contribution is 2.31. The zero-order valence-electron chi connectivity index (χ0n) is 18.9. The number of hydrogen-bond donors (Lipinski definition) is 1. The fourth-order valence-electron chi connectivity index (χ4n) is 3.55.